The predicted octanol–water partition coefficient (Wildman–Crippen LogP) is 1.57. The molecule has 1 rings (SSSR count). The average molecular weight is 189 g/mol. The summed E-state index contributed by atoms with van der Waals surface area (Å²) in [6.45, 7) is -0.0108. The van der Waals surface area contributed by atoms with Crippen LogP contribution in [0.2, 0.25) is 0 Å². The molecule has 0 saturated carbocycles. The number of hydrogen-bond donors (Lipinski definition) is 1. The smallest absolute Gasteiger partial charge is 0.127 e. The Morgan fingerprint density at radius 2 is 2.36 bits per heavy atom. The molecule has 0 saturated heterocycles. The minimum atomic E-state index is -0.0108. The Bertz CT molecular complexity index is 377. The lowest BCUT2D eigenvalue weighted by atomic mass is 10.1. The summed E-state index contributed by atoms with van der Waals surface area (Å²) in [6, 6.07) is 7.18. The zero-order valence-corrected chi connectivity index (χ0v) is 7.90. The third kappa shape index (κ3) is 2.35. The van der Waals surface area contributed by atoms with Gasteiger partial charge in [0.25, 0.3) is 0 Å². The average Bonchev–Trinajstić information content (AvgIpc) is 2.26. The molecular weight excluding hydrogens is 178 g/mol. The number of hydrogen-bond acceptors (Lipinski definition) is 3. The summed E-state index contributed by atoms with van der Waals surface area (Å²) in [4.78, 5) is 0. The molecule has 3 nitrogen and oxygen atoms in total. The third-order valence-corrected chi connectivity index (χ3v) is 1.77. The fraction of sp³-hybridized carbons (Fsp3) is 0.182. The molecule has 1 N–H and O–H groups in total. The summed E-state index contributed by atoms with van der Waals surface area (Å²) >= 11 is 0. The lowest BCUT2D eigenvalue weighted by Crippen LogP contribution is -1.88. The molecule has 0 aliphatic heterocycles. The highest BCUT2D eigenvalue weighted by atomic mass is 16.5. The van der Waals surface area contributed by atoms with Gasteiger partial charge in [0.15, 0.2) is 0 Å². The fourth-order valence-electron chi connectivity index (χ4n) is 1.10. The molecule has 3 heteroatoms. The van der Waals surface area contributed by atoms with Gasteiger partial charge in [-0.15, -0.1) is 0 Å². The Morgan fingerprint density at radius 1 is 1.57 bits per heavy atom. The number of benzene rings is 1. The molecule has 0 aliphatic carbocycles. The zero-order chi connectivity index (χ0) is 10.4. The van der Waals surface area contributed by atoms with Crippen molar-refractivity contribution in [3.8, 4) is 11.8 Å². The predicted molar refractivity (Wildman–Crippen MR) is 53.8 cm³/mol. The highest BCUT2D eigenvalue weighted by Gasteiger charge is 2.00. The lowest BCUT2D eigenvalue weighted by Gasteiger charge is -2.04. The number of aliphatic hydroxyl groups is 1. The summed E-state index contributed by atoms with van der Waals surface area (Å²) in [5, 5.41) is 17.3. The van der Waals surface area contributed by atoms with E-state index in [0.717, 1.165) is 5.56 Å². The van der Waals surface area contributed by atoms with E-state index in [-0.39, 0.29) is 6.61 Å². The van der Waals surface area contributed by atoms with Crippen molar-refractivity contribution in [1.82, 2.24) is 0 Å². The minimum absolute atomic E-state index is 0.0108. The van der Waals surface area contributed by atoms with Crippen LogP contribution < -0.4 is 4.74 Å². The molecule has 0 amide bonds. The Hall–Kier alpha value is -1.79. The van der Waals surface area contributed by atoms with Crippen LogP contribution in [0.15, 0.2) is 24.3 Å². The zero-order valence-electron chi connectivity index (χ0n) is 7.90. The molecule has 14 heavy (non-hydrogen) atoms. The maximum absolute atomic E-state index is 8.66. The van der Waals surface area contributed by atoms with Gasteiger partial charge in [-0.2, -0.15) is 5.26 Å². The van der Waals surface area contributed by atoms with Crippen LogP contribution in [-0.4, -0.2) is 18.8 Å². The number of methoxy groups -OCH3 is 1. The highest BCUT2D eigenvalue weighted by molar-refractivity contribution is 5.59. The van der Waals surface area contributed by atoms with Crippen LogP contribution in [-0.2, 0) is 0 Å². The van der Waals surface area contributed by atoms with E-state index in [1.165, 1.54) is 0 Å². The molecular formula is C11H11NO2. The van der Waals surface area contributed by atoms with Gasteiger partial charge in [-0.3, -0.25) is 0 Å². The van der Waals surface area contributed by atoms with Crippen molar-refractivity contribution in [2.24, 2.45) is 0 Å². The van der Waals surface area contributed by atoms with E-state index in [9.17, 15) is 0 Å². The van der Waals surface area contributed by atoms with Gasteiger partial charge < -0.3 is 9.84 Å². The van der Waals surface area contributed by atoms with Crippen LogP contribution in [0.25, 0.3) is 6.08 Å². The third-order valence-electron chi connectivity index (χ3n) is 1.77. The second kappa shape index (κ2) is 5.05. The molecule has 0 heterocycles. The monoisotopic (exact) mass is 189 g/mol. The number of rotatable bonds is 3. The van der Waals surface area contributed by atoms with E-state index in [1.54, 1.807) is 37.5 Å². The molecule has 0 aromatic heterocycles. The first-order valence-corrected chi connectivity index (χ1v) is 4.17. The van der Waals surface area contributed by atoms with E-state index >= 15 is 0 Å². The Morgan fingerprint density at radius 3 is 2.93 bits per heavy atom. The van der Waals surface area contributed by atoms with Gasteiger partial charge in [0.2, 0.25) is 0 Å². The first kappa shape index (κ1) is 10.3. The molecule has 1 aromatic carbocycles. The summed E-state index contributed by atoms with van der Waals surface area (Å²) in [6.07, 6.45) is 3.36. The Kier molecular flexibility index (Phi) is 3.71. The number of aliphatic hydroxyl groups excluding tert-OH is 1. The quantitative estimate of drug-likeness (QED) is 0.785. The minimum Gasteiger partial charge on any atom is -0.496 e. The second-order valence-corrected chi connectivity index (χ2v) is 2.65. The van der Waals surface area contributed by atoms with E-state index in [1.807, 2.05) is 6.07 Å². The first-order valence-electron chi connectivity index (χ1n) is 4.17. The van der Waals surface area contributed by atoms with Crippen molar-refractivity contribution in [2.45, 2.75) is 0 Å². The van der Waals surface area contributed by atoms with Crippen LogP contribution in [0.4, 0.5) is 0 Å². The summed E-state index contributed by atoms with van der Waals surface area (Å²) in [5.41, 5.74) is 1.41. The van der Waals surface area contributed by atoms with Gasteiger partial charge in [-0.1, -0.05) is 12.2 Å². The summed E-state index contributed by atoms with van der Waals surface area (Å²) < 4.78 is 5.10. The molecule has 0 radical (unpaired) electrons. The van der Waals surface area contributed by atoms with Crippen LogP contribution in [0, 0.1) is 11.3 Å². The van der Waals surface area contributed by atoms with E-state index in [4.69, 9.17) is 15.1 Å². The molecule has 0 fully saturated rings. The standard InChI is InChI=1S/C11H11NO2/c1-14-11-7-9(8-12)4-5-10(11)3-2-6-13/h2-5,7,13H,6H2,1H3. The second-order valence-electron chi connectivity index (χ2n) is 2.65. The van der Waals surface area contributed by atoms with Gasteiger partial charge in [-0.25, -0.2) is 0 Å². The maximum Gasteiger partial charge on any atom is 0.127 e. The van der Waals surface area contributed by atoms with E-state index in [0.29, 0.717) is 11.3 Å². The number of nitriles is 1. The molecule has 0 atom stereocenters. The highest BCUT2D eigenvalue weighted by Crippen LogP contribution is 2.20. The summed E-state index contributed by atoms with van der Waals surface area (Å²) in [5.74, 6) is 0.633. The van der Waals surface area contributed by atoms with Crippen molar-refractivity contribution >= 4 is 6.08 Å². The summed E-state index contributed by atoms with van der Waals surface area (Å²) in [7, 11) is 1.55. The first-order chi connectivity index (χ1) is 6.81. The SMILES string of the molecule is COc1cc(C#N)ccc1C=CCO. The van der Waals surface area contributed by atoms with Gasteiger partial charge in [0.05, 0.1) is 25.3 Å². The molecule has 0 bridgehead atoms. The van der Waals surface area contributed by atoms with E-state index < -0.39 is 0 Å². The number of ether oxygens (including phenoxy) is 1. The lowest BCUT2D eigenvalue weighted by molar-refractivity contribution is 0.343. The van der Waals surface area contributed by atoms with Crippen molar-refractivity contribution in [1.29, 1.82) is 5.26 Å². The molecule has 1 aromatic rings. The molecule has 0 spiro atoms. The van der Waals surface area contributed by atoms with Gasteiger partial charge in [0.1, 0.15) is 5.75 Å². The fourth-order valence-corrected chi connectivity index (χ4v) is 1.10. The van der Waals surface area contributed by atoms with Crippen LogP contribution in [0.3, 0.4) is 0 Å². The topological polar surface area (TPSA) is 53.2 Å². The molecule has 72 valence electrons. The maximum atomic E-state index is 8.66. The Balaban J connectivity index is 3.06. The molecule has 0 unspecified atom stereocenters. The van der Waals surface area contributed by atoms with Crippen LogP contribution in [0.1, 0.15) is 11.1 Å². The Labute approximate surface area is 82.9 Å². The van der Waals surface area contributed by atoms with Crippen LogP contribution in [0.5, 0.6) is 5.75 Å². The molecule has 0 aliphatic rings. The van der Waals surface area contributed by atoms with Gasteiger partial charge in [-0.05, 0) is 18.2 Å². The van der Waals surface area contributed by atoms with Crippen molar-refractivity contribution in [2.75, 3.05) is 13.7 Å². The van der Waals surface area contributed by atoms with Crippen LogP contribution >= 0.6 is 0 Å². The van der Waals surface area contributed by atoms with Crippen molar-refractivity contribution in [3.63, 3.8) is 0 Å². The largest absolute Gasteiger partial charge is 0.496 e. The van der Waals surface area contributed by atoms with E-state index in [2.05, 4.69) is 0 Å². The normalized spacial score (nSPS) is 10.1. The van der Waals surface area contributed by atoms with Gasteiger partial charge >= 0.3 is 0 Å². The van der Waals surface area contributed by atoms with Gasteiger partial charge in [0, 0.05) is 5.56 Å². The van der Waals surface area contributed by atoms with Crippen molar-refractivity contribution < 1.29 is 9.84 Å². The van der Waals surface area contributed by atoms with Crippen molar-refractivity contribution in [3.05, 3.63) is 35.4 Å². The number of nitrogens with zero attached hydrogens (tertiary/aromatic N) is 1.